The van der Waals surface area contributed by atoms with E-state index in [4.69, 9.17) is 4.74 Å². The van der Waals surface area contributed by atoms with Crippen LogP contribution in [0.1, 0.15) is 41.8 Å². The van der Waals surface area contributed by atoms with E-state index in [1.54, 1.807) is 13.0 Å². The third kappa shape index (κ3) is 5.50. The molecule has 0 bridgehead atoms. The number of ether oxygens (including phenoxy) is 1. The summed E-state index contributed by atoms with van der Waals surface area (Å²) in [6.45, 7) is 7.61. The number of alkyl halides is 3. The fraction of sp³-hybridized carbons (Fsp3) is 0.455. The highest BCUT2D eigenvalue weighted by Gasteiger charge is 2.31. The van der Waals surface area contributed by atoms with Crippen LogP contribution in [0.4, 0.5) is 19.0 Å². The first-order valence-corrected chi connectivity index (χ1v) is 10.0. The van der Waals surface area contributed by atoms with Crippen LogP contribution in [-0.2, 0) is 12.7 Å². The monoisotopic (exact) mass is 421 g/mol. The lowest BCUT2D eigenvalue weighted by molar-refractivity contribution is -0.137. The number of halogens is 3. The van der Waals surface area contributed by atoms with Crippen LogP contribution in [0.25, 0.3) is 0 Å². The first-order valence-electron chi connectivity index (χ1n) is 10.0. The summed E-state index contributed by atoms with van der Waals surface area (Å²) in [7, 11) is 0. The summed E-state index contributed by atoms with van der Waals surface area (Å²) in [6, 6.07) is 8.01. The molecule has 2 heterocycles. The predicted octanol–water partition coefficient (Wildman–Crippen LogP) is 4.41. The number of hydrogen-bond donors (Lipinski definition) is 0. The number of rotatable bonds is 6. The van der Waals surface area contributed by atoms with Crippen LogP contribution < -0.4 is 9.64 Å². The number of nitrogens with zero attached hydrogens (tertiary/aromatic N) is 3. The summed E-state index contributed by atoms with van der Waals surface area (Å²) in [4.78, 5) is 20.1. The standard InChI is InChI=1S/C22H26F3N3O2/c1-3-30-20-7-5-17(16(2)29)13-18(20)15-27-9-4-10-28(12-11-27)21-8-6-19(14-26-21)22(23,24)25/h5-8,13-14H,3-4,9-12,15H2,1-2H3. The molecule has 5 nitrogen and oxygen atoms in total. The van der Waals surface area contributed by atoms with Gasteiger partial charge in [0.2, 0.25) is 0 Å². The average Bonchev–Trinajstić information content (AvgIpc) is 2.94. The molecule has 1 aromatic heterocycles. The first kappa shape index (κ1) is 22.1. The van der Waals surface area contributed by atoms with E-state index in [1.165, 1.54) is 6.07 Å². The zero-order chi connectivity index (χ0) is 21.7. The Morgan fingerprint density at radius 2 is 1.93 bits per heavy atom. The molecule has 162 valence electrons. The molecule has 0 amide bonds. The molecule has 0 aliphatic carbocycles. The average molecular weight is 421 g/mol. The SMILES string of the molecule is CCOc1ccc(C(C)=O)cc1CN1CCCN(c2ccc(C(F)(F)F)cn2)CC1. The van der Waals surface area contributed by atoms with Gasteiger partial charge in [-0.1, -0.05) is 0 Å². The Morgan fingerprint density at radius 3 is 2.57 bits per heavy atom. The fourth-order valence-electron chi connectivity index (χ4n) is 3.56. The Balaban J connectivity index is 1.68. The second kappa shape index (κ2) is 9.47. The van der Waals surface area contributed by atoms with Crippen molar-refractivity contribution in [2.24, 2.45) is 0 Å². The summed E-state index contributed by atoms with van der Waals surface area (Å²) < 4.78 is 44.0. The molecule has 2 aromatic rings. The van der Waals surface area contributed by atoms with Crippen molar-refractivity contribution in [3.8, 4) is 5.75 Å². The van der Waals surface area contributed by atoms with Gasteiger partial charge in [-0.05, 0) is 50.6 Å². The number of carbonyl (C=O) groups is 1. The highest BCUT2D eigenvalue weighted by atomic mass is 19.4. The number of Topliss-reactive ketones (excluding diaryl/α,β-unsaturated/α-hetero) is 1. The lowest BCUT2D eigenvalue weighted by Gasteiger charge is -2.24. The number of aromatic nitrogens is 1. The molecule has 1 fully saturated rings. The van der Waals surface area contributed by atoms with Crippen LogP contribution in [0, 0.1) is 0 Å². The summed E-state index contributed by atoms with van der Waals surface area (Å²) in [5.74, 6) is 1.33. The molecular weight excluding hydrogens is 395 g/mol. The van der Waals surface area contributed by atoms with Crippen LogP contribution in [0.15, 0.2) is 36.5 Å². The van der Waals surface area contributed by atoms with Crippen LogP contribution in [-0.4, -0.2) is 48.5 Å². The molecule has 3 rings (SSSR count). The van der Waals surface area contributed by atoms with Crippen molar-refractivity contribution in [2.75, 3.05) is 37.7 Å². The van der Waals surface area contributed by atoms with E-state index in [0.717, 1.165) is 49.6 Å². The Bertz CT molecular complexity index is 869. The molecule has 30 heavy (non-hydrogen) atoms. The number of ketones is 1. The maximum atomic E-state index is 12.8. The van der Waals surface area contributed by atoms with Crippen LogP contribution in [0.3, 0.4) is 0 Å². The van der Waals surface area contributed by atoms with Crippen molar-refractivity contribution < 1.29 is 22.7 Å². The van der Waals surface area contributed by atoms with E-state index in [9.17, 15) is 18.0 Å². The van der Waals surface area contributed by atoms with Gasteiger partial charge in [-0.2, -0.15) is 13.2 Å². The highest BCUT2D eigenvalue weighted by molar-refractivity contribution is 5.94. The molecule has 1 saturated heterocycles. The molecule has 1 aliphatic heterocycles. The quantitative estimate of drug-likeness (QED) is 0.647. The topological polar surface area (TPSA) is 45.7 Å². The number of hydrogen-bond acceptors (Lipinski definition) is 5. The molecule has 1 aliphatic rings. The van der Waals surface area contributed by atoms with E-state index in [2.05, 4.69) is 9.88 Å². The summed E-state index contributed by atoms with van der Waals surface area (Å²) in [5, 5.41) is 0. The summed E-state index contributed by atoms with van der Waals surface area (Å²) >= 11 is 0. The number of benzene rings is 1. The van der Waals surface area contributed by atoms with Gasteiger partial charge in [0.1, 0.15) is 11.6 Å². The van der Waals surface area contributed by atoms with Crippen molar-refractivity contribution >= 4 is 11.6 Å². The number of anilines is 1. The second-order valence-electron chi connectivity index (χ2n) is 7.33. The molecule has 0 unspecified atom stereocenters. The molecule has 0 saturated carbocycles. The minimum absolute atomic E-state index is 0.00900. The molecule has 0 atom stereocenters. The first-order chi connectivity index (χ1) is 14.3. The Hall–Kier alpha value is -2.61. The lowest BCUT2D eigenvalue weighted by Crippen LogP contribution is -2.31. The smallest absolute Gasteiger partial charge is 0.417 e. The van der Waals surface area contributed by atoms with Crippen molar-refractivity contribution in [2.45, 2.75) is 33.0 Å². The summed E-state index contributed by atoms with van der Waals surface area (Å²) in [5.41, 5.74) is 0.876. The van der Waals surface area contributed by atoms with Gasteiger partial charge in [0, 0.05) is 50.0 Å². The largest absolute Gasteiger partial charge is 0.494 e. The van der Waals surface area contributed by atoms with Gasteiger partial charge in [0.25, 0.3) is 0 Å². The third-order valence-corrected chi connectivity index (χ3v) is 5.15. The fourth-order valence-corrected chi connectivity index (χ4v) is 3.56. The Labute approximate surface area is 174 Å². The van der Waals surface area contributed by atoms with E-state index < -0.39 is 11.7 Å². The molecule has 0 radical (unpaired) electrons. The van der Waals surface area contributed by atoms with Gasteiger partial charge in [-0.25, -0.2) is 4.98 Å². The molecule has 0 N–H and O–H groups in total. The third-order valence-electron chi connectivity index (χ3n) is 5.15. The Kier molecular flexibility index (Phi) is 6.97. The molecule has 0 spiro atoms. The van der Waals surface area contributed by atoms with Gasteiger partial charge in [-0.15, -0.1) is 0 Å². The van der Waals surface area contributed by atoms with Crippen LogP contribution >= 0.6 is 0 Å². The zero-order valence-corrected chi connectivity index (χ0v) is 17.2. The zero-order valence-electron chi connectivity index (χ0n) is 17.2. The molecule has 1 aromatic carbocycles. The summed E-state index contributed by atoms with van der Waals surface area (Å²) in [6.07, 6.45) is -2.63. The normalized spacial score (nSPS) is 15.7. The maximum Gasteiger partial charge on any atom is 0.417 e. The van der Waals surface area contributed by atoms with Crippen molar-refractivity contribution in [3.63, 3.8) is 0 Å². The molecular formula is C22H26F3N3O2. The number of carbonyl (C=O) groups excluding carboxylic acids is 1. The lowest BCUT2D eigenvalue weighted by atomic mass is 10.1. The Morgan fingerprint density at radius 1 is 1.13 bits per heavy atom. The van der Waals surface area contributed by atoms with Crippen molar-refractivity contribution in [1.82, 2.24) is 9.88 Å². The van der Waals surface area contributed by atoms with E-state index in [0.29, 0.717) is 31.1 Å². The second-order valence-corrected chi connectivity index (χ2v) is 7.33. The van der Waals surface area contributed by atoms with Crippen LogP contribution in [0.5, 0.6) is 5.75 Å². The maximum absolute atomic E-state index is 12.8. The highest BCUT2D eigenvalue weighted by Crippen LogP contribution is 2.29. The van der Waals surface area contributed by atoms with Crippen molar-refractivity contribution in [3.05, 3.63) is 53.2 Å². The van der Waals surface area contributed by atoms with Gasteiger partial charge in [0.15, 0.2) is 5.78 Å². The number of pyridine rings is 1. The van der Waals surface area contributed by atoms with Gasteiger partial charge in [0.05, 0.1) is 12.2 Å². The van der Waals surface area contributed by atoms with E-state index in [-0.39, 0.29) is 5.78 Å². The van der Waals surface area contributed by atoms with Gasteiger partial charge in [-0.3, -0.25) is 9.69 Å². The molecule has 8 heteroatoms. The minimum Gasteiger partial charge on any atom is -0.494 e. The van der Waals surface area contributed by atoms with Crippen LogP contribution in [0.2, 0.25) is 0 Å². The predicted molar refractivity (Wildman–Crippen MR) is 109 cm³/mol. The van der Waals surface area contributed by atoms with Crippen molar-refractivity contribution in [1.29, 1.82) is 0 Å². The van der Waals surface area contributed by atoms with E-state index in [1.807, 2.05) is 24.0 Å². The van der Waals surface area contributed by atoms with Gasteiger partial charge >= 0.3 is 6.18 Å². The minimum atomic E-state index is -4.38. The van der Waals surface area contributed by atoms with Gasteiger partial charge < -0.3 is 9.64 Å². The van der Waals surface area contributed by atoms with E-state index >= 15 is 0 Å².